The summed E-state index contributed by atoms with van der Waals surface area (Å²) >= 11 is 0. The second-order valence-corrected chi connectivity index (χ2v) is 8.49. The number of rotatable bonds is 4. The molecular weight excluding hydrogens is 364 g/mol. The first kappa shape index (κ1) is 19.7. The van der Waals surface area contributed by atoms with E-state index in [-0.39, 0.29) is 17.4 Å². The van der Waals surface area contributed by atoms with E-state index in [1.165, 1.54) is 4.68 Å². The number of aromatic nitrogens is 2. The van der Waals surface area contributed by atoms with Crippen LogP contribution in [-0.2, 0) is 11.3 Å². The van der Waals surface area contributed by atoms with Crippen LogP contribution in [0.4, 0.5) is 5.69 Å². The van der Waals surface area contributed by atoms with Crippen LogP contribution in [0.3, 0.4) is 0 Å². The molecule has 1 aromatic heterocycles. The van der Waals surface area contributed by atoms with Gasteiger partial charge in [-0.05, 0) is 37.2 Å². The van der Waals surface area contributed by atoms with Gasteiger partial charge in [0.05, 0.1) is 24.3 Å². The molecule has 2 fully saturated rings. The van der Waals surface area contributed by atoms with E-state index in [9.17, 15) is 9.59 Å². The maximum absolute atomic E-state index is 13.0. The van der Waals surface area contributed by atoms with Crippen molar-refractivity contribution in [2.24, 2.45) is 11.8 Å². The number of carbonyl (C=O) groups is 1. The third-order valence-corrected chi connectivity index (χ3v) is 6.26. The molecular formula is C23H30N4O2. The lowest BCUT2D eigenvalue weighted by molar-refractivity contribution is -0.137. The summed E-state index contributed by atoms with van der Waals surface area (Å²) in [6, 6.07) is 11.5. The van der Waals surface area contributed by atoms with E-state index in [2.05, 4.69) is 16.9 Å². The van der Waals surface area contributed by atoms with Crippen molar-refractivity contribution >= 4 is 11.6 Å². The molecule has 0 saturated carbocycles. The van der Waals surface area contributed by atoms with Gasteiger partial charge in [-0.3, -0.25) is 9.59 Å². The number of carbonyl (C=O) groups excluding carboxylic acids is 1. The molecule has 6 nitrogen and oxygen atoms in total. The van der Waals surface area contributed by atoms with Crippen molar-refractivity contribution in [3.63, 3.8) is 0 Å². The van der Waals surface area contributed by atoms with Crippen LogP contribution in [0.5, 0.6) is 0 Å². The number of hydrogen-bond donors (Lipinski definition) is 0. The fourth-order valence-corrected chi connectivity index (χ4v) is 4.37. The molecule has 1 amide bonds. The zero-order chi connectivity index (χ0) is 20.2. The molecule has 0 aliphatic carbocycles. The topological polar surface area (TPSA) is 58.4 Å². The molecule has 3 heterocycles. The maximum atomic E-state index is 13.0. The Labute approximate surface area is 172 Å². The standard InChI is InChI=1S/C23H30N4O2/c1-18-9-12-25(13-10-18)23(29)20-8-5-11-26(17-20)21-14-22(28)27(24-15-21)16-19-6-3-2-4-7-19/h2-4,6-7,14-15,18,20H,5,8-13,16-17H2,1H3. The van der Waals surface area contributed by atoms with Crippen molar-refractivity contribution in [1.82, 2.24) is 14.7 Å². The molecule has 2 aliphatic rings. The molecule has 4 rings (SSSR count). The van der Waals surface area contributed by atoms with Crippen LogP contribution in [-0.4, -0.2) is 46.8 Å². The average molecular weight is 395 g/mol. The first-order chi connectivity index (χ1) is 14.1. The molecule has 1 unspecified atom stereocenters. The molecule has 2 aromatic rings. The Morgan fingerprint density at radius 1 is 1.10 bits per heavy atom. The van der Waals surface area contributed by atoms with E-state index in [0.717, 1.165) is 62.5 Å². The second kappa shape index (κ2) is 8.80. The van der Waals surface area contributed by atoms with E-state index < -0.39 is 0 Å². The van der Waals surface area contributed by atoms with Gasteiger partial charge in [-0.1, -0.05) is 37.3 Å². The highest BCUT2D eigenvalue weighted by Gasteiger charge is 2.31. The fourth-order valence-electron chi connectivity index (χ4n) is 4.37. The quantitative estimate of drug-likeness (QED) is 0.800. The van der Waals surface area contributed by atoms with Crippen LogP contribution in [0.1, 0.15) is 38.2 Å². The predicted octanol–water partition coefficient (Wildman–Crippen LogP) is 2.77. The summed E-state index contributed by atoms with van der Waals surface area (Å²) in [7, 11) is 0. The fraction of sp³-hybridized carbons (Fsp3) is 0.522. The molecule has 0 radical (unpaired) electrons. The maximum Gasteiger partial charge on any atom is 0.269 e. The number of benzene rings is 1. The minimum atomic E-state index is -0.107. The lowest BCUT2D eigenvalue weighted by Crippen LogP contribution is -2.47. The summed E-state index contributed by atoms with van der Waals surface area (Å²) in [6.07, 6.45) is 5.87. The summed E-state index contributed by atoms with van der Waals surface area (Å²) < 4.78 is 1.49. The Balaban J connectivity index is 1.42. The number of amides is 1. The largest absolute Gasteiger partial charge is 0.369 e. The highest BCUT2D eigenvalue weighted by Crippen LogP contribution is 2.25. The van der Waals surface area contributed by atoms with Gasteiger partial charge in [-0.2, -0.15) is 5.10 Å². The molecule has 0 N–H and O–H groups in total. The first-order valence-electron chi connectivity index (χ1n) is 10.7. The van der Waals surface area contributed by atoms with Crippen molar-refractivity contribution in [2.75, 3.05) is 31.1 Å². The Morgan fingerprint density at radius 2 is 1.86 bits per heavy atom. The summed E-state index contributed by atoms with van der Waals surface area (Å²) in [6.45, 7) is 6.03. The van der Waals surface area contributed by atoms with Crippen molar-refractivity contribution in [3.05, 3.63) is 58.5 Å². The van der Waals surface area contributed by atoms with Crippen molar-refractivity contribution in [2.45, 2.75) is 39.2 Å². The summed E-state index contributed by atoms with van der Waals surface area (Å²) in [5.74, 6) is 1.02. The highest BCUT2D eigenvalue weighted by atomic mass is 16.2. The first-order valence-corrected chi connectivity index (χ1v) is 10.7. The lowest BCUT2D eigenvalue weighted by atomic mass is 9.93. The Kier molecular flexibility index (Phi) is 5.97. The molecule has 6 heteroatoms. The van der Waals surface area contributed by atoms with Gasteiger partial charge in [0, 0.05) is 32.2 Å². The predicted molar refractivity (Wildman–Crippen MR) is 114 cm³/mol. The van der Waals surface area contributed by atoms with E-state index in [1.54, 1.807) is 12.3 Å². The molecule has 1 atom stereocenters. The summed E-state index contributed by atoms with van der Waals surface area (Å²) in [5, 5.41) is 4.38. The second-order valence-electron chi connectivity index (χ2n) is 8.49. The molecule has 0 bridgehead atoms. The molecule has 2 saturated heterocycles. The number of hydrogen-bond acceptors (Lipinski definition) is 4. The Morgan fingerprint density at radius 3 is 2.59 bits per heavy atom. The van der Waals surface area contributed by atoms with Crippen molar-refractivity contribution in [1.29, 1.82) is 0 Å². The van der Waals surface area contributed by atoms with Crippen molar-refractivity contribution in [3.8, 4) is 0 Å². The van der Waals surface area contributed by atoms with Crippen LogP contribution >= 0.6 is 0 Å². The highest BCUT2D eigenvalue weighted by molar-refractivity contribution is 5.80. The zero-order valence-electron chi connectivity index (χ0n) is 17.2. The number of piperidine rings is 2. The third kappa shape index (κ3) is 4.69. The number of nitrogens with zero attached hydrogens (tertiary/aromatic N) is 4. The zero-order valence-corrected chi connectivity index (χ0v) is 17.2. The monoisotopic (exact) mass is 394 g/mol. The average Bonchev–Trinajstić information content (AvgIpc) is 2.76. The minimum Gasteiger partial charge on any atom is -0.369 e. The SMILES string of the molecule is CC1CCN(C(=O)C2CCCN(c3cnn(Cc4ccccc4)c(=O)c3)C2)CC1. The lowest BCUT2D eigenvalue weighted by Gasteiger charge is -2.38. The third-order valence-electron chi connectivity index (χ3n) is 6.26. The Bertz CT molecular complexity index is 887. The van der Waals surface area contributed by atoms with Gasteiger partial charge in [0.1, 0.15) is 0 Å². The molecule has 1 aromatic carbocycles. The van der Waals surface area contributed by atoms with Gasteiger partial charge in [0.2, 0.25) is 5.91 Å². The van der Waals surface area contributed by atoms with Crippen LogP contribution in [0.2, 0.25) is 0 Å². The smallest absolute Gasteiger partial charge is 0.269 e. The molecule has 2 aliphatic heterocycles. The summed E-state index contributed by atoms with van der Waals surface area (Å²) in [4.78, 5) is 29.8. The van der Waals surface area contributed by atoms with Crippen molar-refractivity contribution < 1.29 is 4.79 Å². The normalized spacial score (nSPS) is 20.7. The van der Waals surface area contributed by atoms with Crippen LogP contribution in [0, 0.1) is 11.8 Å². The van der Waals surface area contributed by atoms with Gasteiger partial charge >= 0.3 is 0 Å². The summed E-state index contributed by atoms with van der Waals surface area (Å²) in [5.41, 5.74) is 1.77. The van der Waals surface area contributed by atoms with E-state index in [1.807, 2.05) is 35.2 Å². The van der Waals surface area contributed by atoms with E-state index in [0.29, 0.717) is 13.1 Å². The number of likely N-dealkylation sites (tertiary alicyclic amines) is 1. The Hall–Kier alpha value is -2.63. The van der Waals surface area contributed by atoms with Gasteiger partial charge in [-0.15, -0.1) is 0 Å². The number of anilines is 1. The van der Waals surface area contributed by atoms with E-state index in [4.69, 9.17) is 0 Å². The van der Waals surface area contributed by atoms with Gasteiger partial charge in [0.15, 0.2) is 0 Å². The van der Waals surface area contributed by atoms with Crippen LogP contribution in [0.25, 0.3) is 0 Å². The molecule has 29 heavy (non-hydrogen) atoms. The minimum absolute atomic E-state index is 0.0175. The van der Waals surface area contributed by atoms with Gasteiger partial charge in [0.25, 0.3) is 5.56 Å². The molecule has 154 valence electrons. The van der Waals surface area contributed by atoms with E-state index >= 15 is 0 Å². The van der Waals surface area contributed by atoms with Crippen LogP contribution in [0.15, 0.2) is 47.4 Å². The van der Waals surface area contributed by atoms with Gasteiger partial charge < -0.3 is 9.80 Å². The van der Waals surface area contributed by atoms with Crippen LogP contribution < -0.4 is 10.5 Å². The van der Waals surface area contributed by atoms with Gasteiger partial charge in [-0.25, -0.2) is 4.68 Å². The molecule has 0 spiro atoms.